The first-order chi connectivity index (χ1) is 5.64. The van der Waals surface area contributed by atoms with E-state index in [1.54, 1.807) is 31.2 Å². The van der Waals surface area contributed by atoms with E-state index in [0.717, 1.165) is 0 Å². The van der Waals surface area contributed by atoms with Crippen molar-refractivity contribution in [1.82, 2.24) is 4.72 Å². The van der Waals surface area contributed by atoms with Crippen LogP contribution in [0.5, 0.6) is 0 Å². The molecule has 12 heavy (non-hydrogen) atoms. The van der Waals surface area contributed by atoms with E-state index >= 15 is 0 Å². The van der Waals surface area contributed by atoms with Gasteiger partial charge in [-0.05, 0) is 19.1 Å². The standard InChI is InChI=1S/C8H10NO2S/c1-2-12(10,11)9-8-6-4-3-5-7-8/h3-7H,2H2,1H3. The molecule has 0 fully saturated rings. The molecule has 0 aliphatic rings. The first kappa shape index (κ1) is 9.06. The van der Waals surface area contributed by atoms with Crippen LogP contribution in [0.1, 0.15) is 6.92 Å². The van der Waals surface area contributed by atoms with Crippen molar-refractivity contribution in [3.63, 3.8) is 0 Å². The van der Waals surface area contributed by atoms with Crippen molar-refractivity contribution in [1.29, 1.82) is 0 Å². The van der Waals surface area contributed by atoms with Gasteiger partial charge in [0.05, 0.1) is 11.4 Å². The highest BCUT2D eigenvalue weighted by Gasteiger charge is 2.07. The highest BCUT2D eigenvalue weighted by molar-refractivity contribution is 7.89. The third-order valence-corrected chi connectivity index (χ3v) is 2.58. The molecule has 0 saturated heterocycles. The van der Waals surface area contributed by atoms with Gasteiger partial charge in [-0.2, -0.15) is 4.72 Å². The lowest BCUT2D eigenvalue weighted by Gasteiger charge is -2.00. The molecule has 0 aliphatic heterocycles. The highest BCUT2D eigenvalue weighted by atomic mass is 32.2. The Morgan fingerprint density at radius 3 is 2.33 bits per heavy atom. The second kappa shape index (κ2) is 3.58. The molecular weight excluding hydrogens is 174 g/mol. The van der Waals surface area contributed by atoms with Crippen molar-refractivity contribution in [3.05, 3.63) is 30.3 Å². The summed E-state index contributed by atoms with van der Waals surface area (Å²) in [5.41, 5.74) is 0.486. The van der Waals surface area contributed by atoms with Gasteiger partial charge in [-0.3, -0.25) is 0 Å². The van der Waals surface area contributed by atoms with Crippen molar-refractivity contribution in [2.24, 2.45) is 0 Å². The largest absolute Gasteiger partial charge is 0.253 e. The molecule has 0 aromatic heterocycles. The van der Waals surface area contributed by atoms with Crippen molar-refractivity contribution in [2.45, 2.75) is 6.92 Å². The molecule has 0 amide bonds. The first-order valence-corrected chi connectivity index (χ1v) is 5.26. The van der Waals surface area contributed by atoms with Crippen LogP contribution in [0, 0.1) is 0 Å². The summed E-state index contributed by atoms with van der Waals surface area (Å²) in [5.74, 6) is 0.0435. The summed E-state index contributed by atoms with van der Waals surface area (Å²) < 4.78 is 25.6. The van der Waals surface area contributed by atoms with Gasteiger partial charge in [-0.25, -0.2) is 8.42 Å². The van der Waals surface area contributed by atoms with Crippen LogP contribution in [0.3, 0.4) is 0 Å². The third-order valence-electron chi connectivity index (χ3n) is 1.37. The predicted molar refractivity (Wildman–Crippen MR) is 47.7 cm³/mol. The number of hydrogen-bond donors (Lipinski definition) is 0. The Balaban J connectivity index is 2.78. The molecule has 0 spiro atoms. The minimum Gasteiger partial charge on any atom is -0.205 e. The summed E-state index contributed by atoms with van der Waals surface area (Å²) in [6.07, 6.45) is 0. The lowest BCUT2D eigenvalue weighted by Crippen LogP contribution is -2.13. The summed E-state index contributed by atoms with van der Waals surface area (Å²) >= 11 is 0. The molecule has 0 atom stereocenters. The second-order valence-electron chi connectivity index (χ2n) is 2.30. The predicted octanol–water partition coefficient (Wildman–Crippen LogP) is 1.27. The van der Waals surface area contributed by atoms with E-state index in [2.05, 4.69) is 4.72 Å². The molecule has 65 valence electrons. The van der Waals surface area contributed by atoms with Crippen LogP contribution in [-0.2, 0) is 10.0 Å². The van der Waals surface area contributed by atoms with Crippen LogP contribution >= 0.6 is 0 Å². The number of benzene rings is 1. The molecule has 0 bridgehead atoms. The van der Waals surface area contributed by atoms with Crippen LogP contribution < -0.4 is 4.72 Å². The molecule has 0 unspecified atom stereocenters. The van der Waals surface area contributed by atoms with E-state index in [4.69, 9.17) is 0 Å². The monoisotopic (exact) mass is 184 g/mol. The van der Waals surface area contributed by atoms with Gasteiger partial charge in [0.2, 0.25) is 0 Å². The lowest BCUT2D eigenvalue weighted by molar-refractivity contribution is 0.591. The molecule has 1 radical (unpaired) electrons. The molecule has 1 aromatic rings. The van der Waals surface area contributed by atoms with Crippen LogP contribution in [0.2, 0.25) is 0 Å². The highest BCUT2D eigenvalue weighted by Crippen LogP contribution is 2.07. The zero-order chi connectivity index (χ0) is 9.03. The first-order valence-electron chi connectivity index (χ1n) is 3.65. The summed E-state index contributed by atoms with van der Waals surface area (Å²) in [6.45, 7) is 1.57. The topological polar surface area (TPSA) is 48.2 Å². The van der Waals surface area contributed by atoms with Gasteiger partial charge < -0.3 is 0 Å². The zero-order valence-electron chi connectivity index (χ0n) is 6.77. The molecule has 1 aromatic carbocycles. The summed E-state index contributed by atoms with van der Waals surface area (Å²) in [5, 5.41) is 0. The molecule has 0 aliphatic carbocycles. The molecule has 0 heterocycles. The van der Waals surface area contributed by atoms with E-state index in [0.29, 0.717) is 5.69 Å². The Morgan fingerprint density at radius 1 is 1.25 bits per heavy atom. The van der Waals surface area contributed by atoms with Crippen molar-refractivity contribution < 1.29 is 8.42 Å². The molecule has 3 nitrogen and oxygen atoms in total. The van der Waals surface area contributed by atoms with E-state index in [1.807, 2.05) is 6.07 Å². The molecule has 0 saturated carbocycles. The third kappa shape index (κ3) is 2.54. The maximum atomic E-state index is 11.0. The smallest absolute Gasteiger partial charge is 0.205 e. The van der Waals surface area contributed by atoms with Gasteiger partial charge in [0.25, 0.3) is 10.0 Å². The quantitative estimate of drug-likeness (QED) is 0.710. The van der Waals surface area contributed by atoms with Crippen molar-refractivity contribution >= 4 is 15.7 Å². The number of hydrogen-bond acceptors (Lipinski definition) is 2. The van der Waals surface area contributed by atoms with Gasteiger partial charge in [0.15, 0.2) is 0 Å². The van der Waals surface area contributed by atoms with E-state index in [1.165, 1.54) is 0 Å². The van der Waals surface area contributed by atoms with Gasteiger partial charge in [0.1, 0.15) is 0 Å². The number of sulfonamides is 1. The summed E-state index contributed by atoms with van der Waals surface area (Å²) in [4.78, 5) is 0. The Bertz CT molecular complexity index is 331. The van der Waals surface area contributed by atoms with Crippen molar-refractivity contribution in [3.8, 4) is 0 Å². The van der Waals surface area contributed by atoms with Gasteiger partial charge in [0, 0.05) is 0 Å². The van der Waals surface area contributed by atoms with E-state index in [9.17, 15) is 8.42 Å². The molecule has 1 rings (SSSR count). The van der Waals surface area contributed by atoms with Crippen molar-refractivity contribution in [2.75, 3.05) is 5.75 Å². The van der Waals surface area contributed by atoms with Crippen LogP contribution in [0.4, 0.5) is 5.69 Å². The fourth-order valence-corrected chi connectivity index (χ4v) is 1.29. The molecular formula is C8H10NO2S. The number of nitrogens with zero attached hydrogens (tertiary/aromatic N) is 1. The Hall–Kier alpha value is -1.03. The van der Waals surface area contributed by atoms with Gasteiger partial charge >= 0.3 is 0 Å². The molecule has 4 heteroatoms. The Labute approximate surface area is 72.5 Å². The summed E-state index contributed by atoms with van der Waals surface area (Å²) in [7, 11) is -3.25. The molecule has 0 N–H and O–H groups in total. The lowest BCUT2D eigenvalue weighted by atomic mass is 10.3. The average molecular weight is 184 g/mol. The Kier molecular flexibility index (Phi) is 2.70. The maximum Gasteiger partial charge on any atom is 0.253 e. The summed E-state index contributed by atoms with van der Waals surface area (Å²) in [6, 6.07) is 8.64. The minimum absolute atomic E-state index is 0.0435. The van der Waals surface area contributed by atoms with Gasteiger partial charge in [-0.1, -0.05) is 18.2 Å². The number of rotatable bonds is 3. The minimum atomic E-state index is -3.25. The van der Waals surface area contributed by atoms with E-state index < -0.39 is 10.0 Å². The van der Waals surface area contributed by atoms with Crippen LogP contribution in [0.15, 0.2) is 30.3 Å². The van der Waals surface area contributed by atoms with Crippen LogP contribution in [0.25, 0.3) is 0 Å². The van der Waals surface area contributed by atoms with Gasteiger partial charge in [-0.15, -0.1) is 0 Å². The SMILES string of the molecule is CCS(=O)(=O)[N]c1ccccc1. The second-order valence-corrected chi connectivity index (χ2v) is 4.22. The van der Waals surface area contributed by atoms with E-state index in [-0.39, 0.29) is 5.75 Å². The van der Waals surface area contributed by atoms with Crippen LogP contribution in [-0.4, -0.2) is 14.2 Å². The Morgan fingerprint density at radius 2 is 1.83 bits per heavy atom. The average Bonchev–Trinajstić information content (AvgIpc) is 2.06. The fraction of sp³-hybridized carbons (Fsp3) is 0.250. The maximum absolute atomic E-state index is 11.0. The normalized spacial score (nSPS) is 11.1. The fourth-order valence-electron chi connectivity index (χ4n) is 0.714. The zero-order valence-corrected chi connectivity index (χ0v) is 7.58.